The van der Waals surface area contributed by atoms with E-state index in [1.807, 2.05) is 22.9 Å². The summed E-state index contributed by atoms with van der Waals surface area (Å²) in [7, 11) is 0. The van der Waals surface area contributed by atoms with E-state index in [0.717, 1.165) is 33.2 Å². The van der Waals surface area contributed by atoms with Crippen molar-refractivity contribution in [3.05, 3.63) is 49.6 Å². The second-order valence-corrected chi connectivity index (χ2v) is 6.49. The molecule has 102 valence electrons. The molecule has 2 rings (SSSR count). The van der Waals surface area contributed by atoms with Crippen LogP contribution in [0, 0.1) is 0 Å². The minimum Gasteiger partial charge on any atom is -0.319 e. The Balaban J connectivity index is 2.43. The van der Waals surface area contributed by atoms with Crippen molar-refractivity contribution in [3.63, 3.8) is 0 Å². The summed E-state index contributed by atoms with van der Waals surface area (Å²) >= 11 is 13.0. The van der Waals surface area contributed by atoms with Crippen LogP contribution in [0.15, 0.2) is 33.3 Å². The predicted molar refractivity (Wildman–Crippen MR) is 85.4 cm³/mol. The zero-order valence-corrected chi connectivity index (χ0v) is 14.3. The third-order valence-corrected chi connectivity index (χ3v) is 4.09. The average molecular weight is 408 g/mol. The number of hydrogen-bond donors (Lipinski definition) is 1. The summed E-state index contributed by atoms with van der Waals surface area (Å²) in [5.74, 6) is 0. The number of halogens is 3. The Morgan fingerprint density at radius 3 is 2.74 bits per heavy atom. The van der Waals surface area contributed by atoms with Crippen LogP contribution in [0.1, 0.15) is 30.6 Å². The third kappa shape index (κ3) is 3.40. The number of aromatic nitrogens is 2. The Morgan fingerprint density at radius 2 is 2.11 bits per heavy atom. The molecular weight excluding hydrogens is 393 g/mol. The van der Waals surface area contributed by atoms with Crippen LogP contribution in [0.4, 0.5) is 0 Å². The first-order chi connectivity index (χ1) is 9.02. The molecule has 2 aromatic rings. The fourth-order valence-electron chi connectivity index (χ4n) is 1.98. The lowest BCUT2D eigenvalue weighted by atomic mass is 10.0. The molecule has 0 aliphatic carbocycles. The van der Waals surface area contributed by atoms with Gasteiger partial charge >= 0.3 is 0 Å². The quantitative estimate of drug-likeness (QED) is 0.810. The molecule has 0 amide bonds. The van der Waals surface area contributed by atoms with Gasteiger partial charge in [0.15, 0.2) is 0 Å². The van der Waals surface area contributed by atoms with E-state index in [-0.39, 0.29) is 6.04 Å². The van der Waals surface area contributed by atoms with Gasteiger partial charge in [0, 0.05) is 16.0 Å². The molecule has 0 aliphatic heterocycles. The van der Waals surface area contributed by atoms with E-state index in [9.17, 15) is 0 Å². The molecule has 0 saturated heterocycles. The molecule has 0 spiro atoms. The lowest BCUT2D eigenvalue weighted by molar-refractivity contribution is 0.559. The van der Waals surface area contributed by atoms with Gasteiger partial charge in [0.1, 0.15) is 0 Å². The number of nitrogens with zero attached hydrogens (tertiary/aromatic N) is 2. The summed E-state index contributed by atoms with van der Waals surface area (Å²) in [5.41, 5.74) is 8.29. The molecule has 0 fully saturated rings. The standard InChI is InChI=1S/C13H14Br2ClN3/c1-2-3-19-13(11(15)7-18-19)12(17)8-4-9(14)6-10(16)5-8/h4-7,12H,2-3,17H2,1H3. The molecule has 0 bridgehead atoms. The largest absolute Gasteiger partial charge is 0.319 e. The van der Waals surface area contributed by atoms with E-state index in [2.05, 4.69) is 43.9 Å². The summed E-state index contributed by atoms with van der Waals surface area (Å²) < 4.78 is 3.77. The summed E-state index contributed by atoms with van der Waals surface area (Å²) in [6.45, 7) is 2.96. The first-order valence-electron chi connectivity index (χ1n) is 5.95. The molecule has 1 atom stereocenters. The van der Waals surface area contributed by atoms with Gasteiger partial charge in [-0.3, -0.25) is 4.68 Å². The average Bonchev–Trinajstić information content (AvgIpc) is 2.69. The predicted octanol–water partition coefficient (Wildman–Crippen LogP) is 4.52. The van der Waals surface area contributed by atoms with Crippen molar-refractivity contribution >= 4 is 43.5 Å². The zero-order chi connectivity index (χ0) is 14.0. The maximum atomic E-state index is 6.36. The number of benzene rings is 1. The van der Waals surface area contributed by atoms with Crippen molar-refractivity contribution in [2.24, 2.45) is 5.73 Å². The fourth-order valence-corrected chi connectivity index (χ4v) is 3.41. The Bertz CT molecular complexity index is 563. The molecule has 1 aromatic heterocycles. The Labute approximate surface area is 134 Å². The smallest absolute Gasteiger partial charge is 0.0738 e. The zero-order valence-electron chi connectivity index (χ0n) is 10.4. The second-order valence-electron chi connectivity index (χ2n) is 4.28. The van der Waals surface area contributed by atoms with Crippen molar-refractivity contribution in [3.8, 4) is 0 Å². The topological polar surface area (TPSA) is 43.8 Å². The number of nitrogens with two attached hydrogens (primary N) is 1. The van der Waals surface area contributed by atoms with Gasteiger partial charge in [0.25, 0.3) is 0 Å². The molecule has 1 aromatic carbocycles. The highest BCUT2D eigenvalue weighted by Gasteiger charge is 2.18. The van der Waals surface area contributed by atoms with Gasteiger partial charge in [0.2, 0.25) is 0 Å². The lowest BCUT2D eigenvalue weighted by Gasteiger charge is -2.16. The van der Waals surface area contributed by atoms with Crippen molar-refractivity contribution < 1.29 is 0 Å². The van der Waals surface area contributed by atoms with Crippen LogP contribution < -0.4 is 5.73 Å². The van der Waals surface area contributed by atoms with Crippen LogP contribution in [0.3, 0.4) is 0 Å². The highest BCUT2D eigenvalue weighted by atomic mass is 79.9. The summed E-state index contributed by atoms with van der Waals surface area (Å²) in [6, 6.07) is 5.44. The van der Waals surface area contributed by atoms with Crippen LogP contribution in [0.25, 0.3) is 0 Å². The fraction of sp³-hybridized carbons (Fsp3) is 0.308. The van der Waals surface area contributed by atoms with E-state index in [0.29, 0.717) is 5.02 Å². The third-order valence-electron chi connectivity index (χ3n) is 2.81. The maximum Gasteiger partial charge on any atom is 0.0738 e. The highest BCUT2D eigenvalue weighted by molar-refractivity contribution is 9.10. The molecule has 2 N–H and O–H groups in total. The summed E-state index contributed by atoms with van der Waals surface area (Å²) in [4.78, 5) is 0. The minimum absolute atomic E-state index is 0.265. The Kier molecular flexibility index (Phi) is 5.06. The molecule has 0 aliphatic rings. The van der Waals surface area contributed by atoms with E-state index in [1.165, 1.54) is 0 Å². The number of rotatable bonds is 4. The van der Waals surface area contributed by atoms with Gasteiger partial charge in [-0.15, -0.1) is 0 Å². The SMILES string of the molecule is CCCn1ncc(Br)c1C(N)c1cc(Cl)cc(Br)c1. The van der Waals surface area contributed by atoms with E-state index < -0.39 is 0 Å². The van der Waals surface area contributed by atoms with Crippen LogP contribution in [0.5, 0.6) is 0 Å². The van der Waals surface area contributed by atoms with Gasteiger partial charge in [-0.2, -0.15) is 5.10 Å². The summed E-state index contributed by atoms with van der Waals surface area (Å²) in [6.07, 6.45) is 2.79. The van der Waals surface area contributed by atoms with Gasteiger partial charge in [-0.1, -0.05) is 34.5 Å². The highest BCUT2D eigenvalue weighted by Crippen LogP contribution is 2.30. The first-order valence-corrected chi connectivity index (χ1v) is 7.92. The first kappa shape index (κ1) is 15.0. The number of aryl methyl sites for hydroxylation is 1. The summed E-state index contributed by atoms with van der Waals surface area (Å²) in [5, 5.41) is 5.01. The maximum absolute atomic E-state index is 6.36. The molecule has 1 unspecified atom stereocenters. The normalized spacial score (nSPS) is 12.7. The molecular formula is C13H14Br2ClN3. The van der Waals surface area contributed by atoms with Gasteiger partial charge in [-0.05, 0) is 46.1 Å². The monoisotopic (exact) mass is 405 g/mol. The second kappa shape index (κ2) is 6.39. The van der Waals surface area contributed by atoms with Gasteiger partial charge < -0.3 is 5.73 Å². The van der Waals surface area contributed by atoms with Gasteiger partial charge in [-0.25, -0.2) is 0 Å². The Hall–Kier alpha value is -0.360. The Morgan fingerprint density at radius 1 is 1.37 bits per heavy atom. The molecule has 19 heavy (non-hydrogen) atoms. The van der Waals surface area contributed by atoms with Crippen molar-refractivity contribution in [1.82, 2.24) is 9.78 Å². The van der Waals surface area contributed by atoms with Crippen molar-refractivity contribution in [1.29, 1.82) is 0 Å². The molecule has 0 radical (unpaired) electrons. The lowest BCUT2D eigenvalue weighted by Crippen LogP contribution is -2.18. The van der Waals surface area contributed by atoms with E-state index >= 15 is 0 Å². The minimum atomic E-state index is -0.265. The van der Waals surface area contributed by atoms with E-state index in [4.69, 9.17) is 17.3 Å². The molecule has 6 heteroatoms. The van der Waals surface area contributed by atoms with Crippen molar-refractivity contribution in [2.45, 2.75) is 25.9 Å². The van der Waals surface area contributed by atoms with Crippen LogP contribution in [0.2, 0.25) is 5.02 Å². The number of hydrogen-bond acceptors (Lipinski definition) is 2. The van der Waals surface area contributed by atoms with Crippen LogP contribution in [-0.4, -0.2) is 9.78 Å². The molecule has 3 nitrogen and oxygen atoms in total. The molecule has 1 heterocycles. The molecule has 0 saturated carbocycles. The van der Waals surface area contributed by atoms with Crippen molar-refractivity contribution in [2.75, 3.05) is 0 Å². The van der Waals surface area contributed by atoms with E-state index in [1.54, 1.807) is 6.20 Å². The van der Waals surface area contributed by atoms with Gasteiger partial charge in [0.05, 0.1) is 22.4 Å². The van der Waals surface area contributed by atoms with Crippen LogP contribution in [-0.2, 0) is 6.54 Å². The van der Waals surface area contributed by atoms with Crippen LogP contribution >= 0.6 is 43.5 Å².